The van der Waals surface area contributed by atoms with E-state index in [0.717, 1.165) is 33.7 Å². The van der Waals surface area contributed by atoms with Gasteiger partial charge in [0, 0.05) is 29.3 Å². The molecule has 1 aromatic carbocycles. The molecule has 1 fully saturated rings. The molecule has 2 rings (SSSR count). The van der Waals surface area contributed by atoms with Gasteiger partial charge in [0.05, 0.1) is 20.3 Å². The minimum atomic E-state index is -0.327. The maximum absolute atomic E-state index is 11.3. The molecule has 1 heterocycles. The van der Waals surface area contributed by atoms with Gasteiger partial charge in [-0.25, -0.2) is 0 Å². The third-order valence-electron chi connectivity index (χ3n) is 3.38. The Morgan fingerprint density at radius 1 is 1.48 bits per heavy atom. The van der Waals surface area contributed by atoms with Crippen molar-refractivity contribution in [3.8, 4) is 0 Å². The minimum absolute atomic E-state index is 0.0970. The molecule has 0 amide bonds. The molecule has 0 bridgehead atoms. The molecule has 1 aliphatic heterocycles. The first-order chi connectivity index (χ1) is 11.1. The van der Waals surface area contributed by atoms with Crippen LogP contribution in [0.5, 0.6) is 0 Å². The van der Waals surface area contributed by atoms with E-state index in [4.69, 9.17) is 17.0 Å². The van der Waals surface area contributed by atoms with E-state index < -0.39 is 0 Å². The topological polar surface area (TPSA) is 50.8 Å². The zero-order valence-electron chi connectivity index (χ0n) is 12.9. The quantitative estimate of drug-likeness (QED) is 0.466. The Labute approximate surface area is 149 Å². The standard InChI is InChI=1S/C16H19BrN2O3S/c1-21-15(20)11-18-10-14(12-3-2-4-13(17)9-12)16(23)19-5-7-22-8-6-19/h2-4,9-10,18H,5-8,11H2,1H3/b14-10+. The molecule has 0 aliphatic carbocycles. The molecule has 0 unspecified atom stereocenters. The first kappa shape index (κ1) is 17.9. The predicted molar refractivity (Wildman–Crippen MR) is 97.1 cm³/mol. The average molecular weight is 399 g/mol. The molecule has 7 heteroatoms. The van der Waals surface area contributed by atoms with Crippen LogP contribution in [0.15, 0.2) is 34.9 Å². The molecule has 5 nitrogen and oxygen atoms in total. The lowest BCUT2D eigenvalue weighted by molar-refractivity contribution is -0.139. The molecule has 0 aromatic heterocycles. The lowest BCUT2D eigenvalue weighted by Gasteiger charge is -2.30. The molecule has 23 heavy (non-hydrogen) atoms. The summed E-state index contributed by atoms with van der Waals surface area (Å²) in [5.41, 5.74) is 1.85. The Kier molecular flexibility index (Phi) is 7.01. The van der Waals surface area contributed by atoms with E-state index in [2.05, 4.69) is 30.9 Å². The molecular weight excluding hydrogens is 380 g/mol. The summed E-state index contributed by atoms with van der Waals surface area (Å²) >= 11 is 9.14. The highest BCUT2D eigenvalue weighted by Crippen LogP contribution is 2.22. The number of benzene rings is 1. The summed E-state index contributed by atoms with van der Waals surface area (Å²) in [6.07, 6.45) is 1.77. The van der Waals surface area contributed by atoms with Gasteiger partial charge in [-0.05, 0) is 17.7 Å². The first-order valence-electron chi connectivity index (χ1n) is 7.25. The molecule has 0 radical (unpaired) electrons. The summed E-state index contributed by atoms with van der Waals surface area (Å²) in [5, 5.41) is 2.98. The van der Waals surface area contributed by atoms with Crippen LogP contribution in [-0.2, 0) is 14.3 Å². The van der Waals surface area contributed by atoms with Crippen molar-refractivity contribution in [3.63, 3.8) is 0 Å². The average Bonchev–Trinajstić information content (AvgIpc) is 2.58. The number of carbonyl (C=O) groups excluding carboxylic acids is 1. The highest BCUT2D eigenvalue weighted by atomic mass is 79.9. The van der Waals surface area contributed by atoms with Crippen molar-refractivity contribution in [1.82, 2.24) is 10.2 Å². The number of esters is 1. The van der Waals surface area contributed by atoms with Crippen molar-refractivity contribution < 1.29 is 14.3 Å². The van der Waals surface area contributed by atoms with Crippen LogP contribution in [0.1, 0.15) is 5.56 Å². The number of methoxy groups -OCH3 is 1. The summed E-state index contributed by atoms with van der Waals surface area (Å²) < 4.78 is 11.0. The van der Waals surface area contributed by atoms with Crippen LogP contribution in [0.25, 0.3) is 5.57 Å². The van der Waals surface area contributed by atoms with Crippen molar-refractivity contribution in [2.75, 3.05) is 40.0 Å². The smallest absolute Gasteiger partial charge is 0.325 e. The molecule has 1 aromatic rings. The number of hydrogen-bond acceptors (Lipinski definition) is 5. The van der Waals surface area contributed by atoms with E-state index in [1.54, 1.807) is 6.20 Å². The van der Waals surface area contributed by atoms with Crippen molar-refractivity contribution in [3.05, 3.63) is 40.5 Å². The van der Waals surface area contributed by atoms with Crippen molar-refractivity contribution >= 4 is 44.7 Å². The van der Waals surface area contributed by atoms with Crippen molar-refractivity contribution in [1.29, 1.82) is 0 Å². The highest BCUT2D eigenvalue weighted by Gasteiger charge is 2.18. The van der Waals surface area contributed by atoms with E-state index in [0.29, 0.717) is 13.2 Å². The fraction of sp³-hybridized carbons (Fsp3) is 0.375. The van der Waals surface area contributed by atoms with Crippen LogP contribution in [-0.4, -0.2) is 55.8 Å². The molecular formula is C16H19BrN2O3S. The lowest BCUT2D eigenvalue weighted by atomic mass is 10.1. The van der Waals surface area contributed by atoms with Gasteiger partial charge < -0.3 is 19.7 Å². The Morgan fingerprint density at radius 3 is 2.87 bits per heavy atom. The van der Waals surface area contributed by atoms with Gasteiger partial charge in [-0.15, -0.1) is 0 Å². The summed E-state index contributed by atoms with van der Waals surface area (Å²) in [6.45, 7) is 2.96. The van der Waals surface area contributed by atoms with Gasteiger partial charge in [0.2, 0.25) is 0 Å². The molecule has 0 atom stereocenters. The van der Waals surface area contributed by atoms with Gasteiger partial charge >= 0.3 is 5.97 Å². The van der Waals surface area contributed by atoms with E-state index in [1.807, 2.05) is 24.3 Å². The van der Waals surface area contributed by atoms with E-state index in [9.17, 15) is 4.79 Å². The molecule has 124 valence electrons. The molecule has 1 saturated heterocycles. The van der Waals surface area contributed by atoms with Crippen LogP contribution in [0.4, 0.5) is 0 Å². The second-order valence-corrected chi connectivity index (χ2v) is 6.23. The minimum Gasteiger partial charge on any atom is -0.468 e. The maximum Gasteiger partial charge on any atom is 0.325 e. The second-order valence-electron chi connectivity index (χ2n) is 4.93. The Bertz CT molecular complexity index is 601. The van der Waals surface area contributed by atoms with Crippen LogP contribution >= 0.6 is 28.1 Å². The third kappa shape index (κ3) is 5.30. The first-order valence-corrected chi connectivity index (χ1v) is 8.45. The summed E-state index contributed by atoms with van der Waals surface area (Å²) in [4.78, 5) is 14.1. The number of rotatable bonds is 5. The number of carbonyl (C=O) groups is 1. The van der Waals surface area contributed by atoms with E-state index >= 15 is 0 Å². The molecule has 1 N–H and O–H groups in total. The van der Waals surface area contributed by atoms with Gasteiger partial charge in [-0.2, -0.15) is 0 Å². The van der Waals surface area contributed by atoms with Gasteiger partial charge in [0.25, 0.3) is 0 Å². The fourth-order valence-electron chi connectivity index (χ4n) is 2.17. The van der Waals surface area contributed by atoms with E-state index in [-0.39, 0.29) is 12.5 Å². The molecule has 1 aliphatic rings. The Hall–Kier alpha value is -1.44. The lowest BCUT2D eigenvalue weighted by Crippen LogP contribution is -2.40. The van der Waals surface area contributed by atoms with Crippen LogP contribution < -0.4 is 5.32 Å². The summed E-state index contributed by atoms with van der Waals surface area (Å²) in [6, 6.07) is 7.90. The van der Waals surface area contributed by atoms with Crippen LogP contribution in [0.2, 0.25) is 0 Å². The molecule has 0 spiro atoms. The van der Waals surface area contributed by atoms with Gasteiger partial charge in [0.15, 0.2) is 0 Å². The third-order valence-corrected chi connectivity index (χ3v) is 4.36. The predicted octanol–water partition coefficient (Wildman–Crippen LogP) is 2.21. The number of nitrogens with zero attached hydrogens (tertiary/aromatic N) is 1. The number of halogens is 1. The fourth-order valence-corrected chi connectivity index (χ4v) is 2.93. The zero-order valence-corrected chi connectivity index (χ0v) is 15.3. The second kappa shape index (κ2) is 9.00. The largest absolute Gasteiger partial charge is 0.468 e. The number of thiocarbonyl (C=S) groups is 1. The summed E-state index contributed by atoms with van der Waals surface area (Å²) in [7, 11) is 1.36. The Balaban J connectivity index is 2.21. The number of hydrogen-bond donors (Lipinski definition) is 1. The SMILES string of the molecule is COC(=O)CN/C=C(/C(=S)N1CCOCC1)c1cccc(Br)c1. The maximum atomic E-state index is 11.3. The van der Waals surface area contributed by atoms with E-state index in [1.165, 1.54) is 7.11 Å². The van der Waals surface area contributed by atoms with Gasteiger partial charge in [-0.3, -0.25) is 4.79 Å². The Morgan fingerprint density at radius 2 is 2.22 bits per heavy atom. The number of ether oxygens (including phenoxy) is 2. The zero-order chi connectivity index (χ0) is 16.7. The normalized spacial score (nSPS) is 15.2. The molecule has 0 saturated carbocycles. The van der Waals surface area contributed by atoms with Crippen LogP contribution in [0, 0.1) is 0 Å². The van der Waals surface area contributed by atoms with Gasteiger partial charge in [-0.1, -0.05) is 40.3 Å². The van der Waals surface area contributed by atoms with Crippen molar-refractivity contribution in [2.24, 2.45) is 0 Å². The van der Waals surface area contributed by atoms with Crippen molar-refractivity contribution in [2.45, 2.75) is 0 Å². The highest BCUT2D eigenvalue weighted by molar-refractivity contribution is 9.10. The number of morpholine rings is 1. The monoisotopic (exact) mass is 398 g/mol. The van der Waals surface area contributed by atoms with Gasteiger partial charge in [0.1, 0.15) is 11.5 Å². The van der Waals surface area contributed by atoms with Crippen LogP contribution in [0.3, 0.4) is 0 Å². The summed E-state index contributed by atoms with van der Waals surface area (Å²) in [5.74, 6) is -0.327. The number of nitrogens with one attached hydrogen (secondary N) is 1.